The average molecular weight is 361 g/mol. The van der Waals surface area contributed by atoms with Gasteiger partial charge in [0.25, 0.3) is 0 Å². The number of carbonyl (C=O) groups excluding carboxylic acids is 1. The van der Waals surface area contributed by atoms with E-state index in [4.69, 9.17) is 0 Å². The van der Waals surface area contributed by atoms with E-state index in [2.05, 4.69) is 35.3 Å². The van der Waals surface area contributed by atoms with E-state index >= 15 is 0 Å². The van der Waals surface area contributed by atoms with Gasteiger partial charge >= 0.3 is 0 Å². The van der Waals surface area contributed by atoms with E-state index in [0.29, 0.717) is 0 Å². The van der Waals surface area contributed by atoms with Crippen LogP contribution >= 0.6 is 0 Å². The first-order chi connectivity index (χ1) is 13.7. The molecule has 0 saturated carbocycles. The number of nitrogens with one attached hydrogen (secondary N) is 1. The van der Waals surface area contributed by atoms with E-state index in [1.54, 1.807) is 6.08 Å². The average Bonchev–Trinajstić information content (AvgIpc) is 3.06. The van der Waals surface area contributed by atoms with Gasteiger partial charge in [-0.1, -0.05) is 66.7 Å². The van der Waals surface area contributed by atoms with Crippen LogP contribution in [0.1, 0.15) is 21.6 Å². The Labute approximate surface area is 163 Å². The van der Waals surface area contributed by atoms with E-state index in [1.807, 2.05) is 61.5 Å². The number of hydrogen-bond donors (Lipinski definition) is 1. The Morgan fingerprint density at radius 1 is 0.786 bits per heavy atom. The van der Waals surface area contributed by atoms with Crippen molar-refractivity contribution in [3.05, 3.63) is 102 Å². The van der Waals surface area contributed by atoms with Gasteiger partial charge in [0.05, 0.1) is 5.56 Å². The second-order valence-electron chi connectivity index (χ2n) is 7.10. The summed E-state index contributed by atoms with van der Waals surface area (Å²) in [5.41, 5.74) is 3.72. The fraction of sp³-hybridized carbons (Fsp3) is 0.0385. The number of rotatable bonds is 3. The second-order valence-corrected chi connectivity index (χ2v) is 7.10. The summed E-state index contributed by atoms with van der Waals surface area (Å²) in [6.45, 7) is 1.95. The summed E-state index contributed by atoms with van der Waals surface area (Å²) < 4.78 is 0. The van der Waals surface area contributed by atoms with Crippen molar-refractivity contribution in [2.75, 3.05) is 0 Å². The fourth-order valence-electron chi connectivity index (χ4n) is 4.06. The van der Waals surface area contributed by atoms with Crippen LogP contribution in [0.3, 0.4) is 0 Å². The maximum absolute atomic E-state index is 13.1. The Morgan fingerprint density at radius 3 is 2.04 bits per heavy atom. The van der Waals surface area contributed by atoms with Gasteiger partial charge in [0.1, 0.15) is 0 Å². The highest BCUT2D eigenvalue weighted by Gasteiger charge is 2.14. The highest BCUT2D eigenvalue weighted by molar-refractivity contribution is 6.17. The highest BCUT2D eigenvalue weighted by Crippen LogP contribution is 2.30. The predicted molar refractivity (Wildman–Crippen MR) is 118 cm³/mol. The van der Waals surface area contributed by atoms with Crippen molar-refractivity contribution in [1.82, 2.24) is 4.98 Å². The minimum atomic E-state index is 0.0203. The lowest BCUT2D eigenvalue weighted by molar-refractivity contribution is 0.104. The van der Waals surface area contributed by atoms with E-state index < -0.39 is 0 Å². The normalized spacial score (nSPS) is 11.8. The van der Waals surface area contributed by atoms with Crippen LogP contribution in [0.15, 0.2) is 84.9 Å². The third-order valence-corrected chi connectivity index (χ3v) is 5.35. The molecule has 4 aromatic carbocycles. The smallest absolute Gasteiger partial charge is 0.188 e. The minimum absolute atomic E-state index is 0.0203. The van der Waals surface area contributed by atoms with Gasteiger partial charge in [0.2, 0.25) is 0 Å². The summed E-state index contributed by atoms with van der Waals surface area (Å²) in [5.74, 6) is 0.0203. The Hall–Kier alpha value is -3.65. The maximum Gasteiger partial charge on any atom is 0.188 e. The molecule has 0 aliphatic carbocycles. The van der Waals surface area contributed by atoms with Crippen molar-refractivity contribution in [3.8, 4) is 0 Å². The minimum Gasteiger partial charge on any atom is -0.358 e. The molecule has 5 rings (SSSR count). The lowest BCUT2D eigenvalue weighted by Gasteiger charge is -2.08. The summed E-state index contributed by atoms with van der Waals surface area (Å²) in [6.07, 6.45) is 3.67. The molecule has 0 radical (unpaired) electrons. The molecule has 0 amide bonds. The molecule has 0 fully saturated rings. The van der Waals surface area contributed by atoms with Crippen molar-refractivity contribution < 1.29 is 4.79 Å². The molecule has 2 heteroatoms. The second kappa shape index (κ2) is 6.50. The molecule has 2 nitrogen and oxygen atoms in total. The van der Waals surface area contributed by atoms with Gasteiger partial charge in [0, 0.05) is 16.6 Å². The van der Waals surface area contributed by atoms with Crippen molar-refractivity contribution in [1.29, 1.82) is 0 Å². The largest absolute Gasteiger partial charge is 0.358 e. The van der Waals surface area contributed by atoms with E-state index in [-0.39, 0.29) is 5.78 Å². The molecule has 134 valence electrons. The van der Waals surface area contributed by atoms with Crippen LogP contribution in [0.4, 0.5) is 0 Å². The summed E-state index contributed by atoms with van der Waals surface area (Å²) in [5, 5.41) is 5.63. The van der Waals surface area contributed by atoms with Crippen LogP contribution in [-0.2, 0) is 0 Å². The van der Waals surface area contributed by atoms with Gasteiger partial charge in [0.15, 0.2) is 5.78 Å². The van der Waals surface area contributed by atoms with Crippen LogP contribution in [0.25, 0.3) is 38.5 Å². The number of para-hydroxylation sites is 1. The number of allylic oxidation sites excluding steroid dienone is 1. The van der Waals surface area contributed by atoms with Gasteiger partial charge in [-0.15, -0.1) is 0 Å². The van der Waals surface area contributed by atoms with Crippen LogP contribution in [-0.4, -0.2) is 10.8 Å². The van der Waals surface area contributed by atoms with Crippen molar-refractivity contribution in [2.45, 2.75) is 6.92 Å². The molecule has 0 bridgehead atoms. The zero-order valence-corrected chi connectivity index (χ0v) is 15.6. The molecule has 0 atom stereocenters. The summed E-state index contributed by atoms with van der Waals surface area (Å²) in [7, 11) is 0. The number of ketones is 1. The first-order valence-corrected chi connectivity index (χ1v) is 9.42. The quantitative estimate of drug-likeness (QED) is 0.217. The van der Waals surface area contributed by atoms with Crippen LogP contribution in [0.2, 0.25) is 0 Å². The van der Waals surface area contributed by atoms with Gasteiger partial charge in [-0.05, 0) is 58.3 Å². The summed E-state index contributed by atoms with van der Waals surface area (Å²) in [6, 6.07) is 26.8. The zero-order chi connectivity index (χ0) is 19.1. The SMILES string of the molecule is Cc1[nH]c2ccccc2c1C(=O)/C=C/c1c2ccccc2cc2ccccc12. The highest BCUT2D eigenvalue weighted by atomic mass is 16.1. The third-order valence-electron chi connectivity index (χ3n) is 5.35. The first kappa shape index (κ1) is 16.5. The molecular weight excluding hydrogens is 342 g/mol. The monoisotopic (exact) mass is 361 g/mol. The number of benzene rings is 4. The van der Waals surface area contributed by atoms with Crippen molar-refractivity contribution in [2.24, 2.45) is 0 Å². The van der Waals surface area contributed by atoms with E-state index in [9.17, 15) is 4.79 Å². The molecular formula is C26H19NO. The third kappa shape index (κ3) is 2.62. The molecule has 0 spiro atoms. The molecule has 1 heterocycles. The predicted octanol–water partition coefficient (Wildman–Crippen LogP) is 6.68. The molecule has 0 aliphatic rings. The van der Waals surface area contributed by atoms with E-state index in [0.717, 1.165) is 38.5 Å². The zero-order valence-electron chi connectivity index (χ0n) is 15.6. The number of aromatic amines is 1. The van der Waals surface area contributed by atoms with Crippen LogP contribution in [0, 0.1) is 6.92 Å². The topological polar surface area (TPSA) is 32.9 Å². The fourth-order valence-corrected chi connectivity index (χ4v) is 4.06. The molecule has 5 aromatic rings. The number of aromatic nitrogens is 1. The standard InChI is InChI=1S/C26H19NO/c1-17-26(23-12-6-7-13-24(23)27-17)25(28)15-14-22-20-10-4-2-8-18(20)16-19-9-3-5-11-21(19)22/h2-16,27H,1H3/b15-14+. The molecule has 1 aromatic heterocycles. The number of carbonyl (C=O) groups is 1. The van der Waals surface area contributed by atoms with E-state index in [1.165, 1.54) is 10.8 Å². The van der Waals surface area contributed by atoms with Gasteiger partial charge < -0.3 is 4.98 Å². The maximum atomic E-state index is 13.1. The number of H-pyrrole nitrogens is 1. The number of hydrogen-bond acceptors (Lipinski definition) is 1. The van der Waals surface area contributed by atoms with Gasteiger partial charge in [-0.2, -0.15) is 0 Å². The summed E-state index contributed by atoms with van der Waals surface area (Å²) in [4.78, 5) is 16.4. The molecule has 1 N–H and O–H groups in total. The van der Waals surface area contributed by atoms with Gasteiger partial charge in [-0.3, -0.25) is 4.79 Å². The van der Waals surface area contributed by atoms with Crippen molar-refractivity contribution >= 4 is 44.3 Å². The number of fused-ring (bicyclic) bond motifs is 3. The first-order valence-electron chi connectivity index (χ1n) is 9.42. The number of aryl methyl sites for hydroxylation is 1. The Kier molecular flexibility index (Phi) is 3.84. The van der Waals surface area contributed by atoms with Crippen molar-refractivity contribution in [3.63, 3.8) is 0 Å². The van der Waals surface area contributed by atoms with Crippen LogP contribution in [0.5, 0.6) is 0 Å². The Bertz CT molecular complexity index is 1330. The molecule has 28 heavy (non-hydrogen) atoms. The molecule has 0 unspecified atom stereocenters. The lowest BCUT2D eigenvalue weighted by Crippen LogP contribution is -1.96. The Balaban J connectivity index is 1.67. The van der Waals surface area contributed by atoms with Gasteiger partial charge in [-0.25, -0.2) is 0 Å². The summed E-state index contributed by atoms with van der Waals surface area (Å²) >= 11 is 0. The Morgan fingerprint density at radius 2 is 1.36 bits per heavy atom. The molecule has 0 aliphatic heterocycles. The molecule has 0 saturated heterocycles. The lowest BCUT2D eigenvalue weighted by atomic mass is 9.96. The van der Waals surface area contributed by atoms with Crippen LogP contribution < -0.4 is 0 Å².